The molecule has 0 fully saturated rings. The molecular formula is C37H47ClN2O2Sn. The minimum atomic E-state index is -4.08. The molecule has 6 heteroatoms. The molecule has 0 saturated carbocycles. The summed E-state index contributed by atoms with van der Waals surface area (Å²) in [7, 11) is 1.78. The predicted octanol–water partition coefficient (Wildman–Crippen LogP) is 9.67. The fourth-order valence-corrected chi connectivity index (χ4v) is 25.8. The Bertz CT molecular complexity index is 1380. The van der Waals surface area contributed by atoms with Gasteiger partial charge in [0, 0.05) is 0 Å². The van der Waals surface area contributed by atoms with Crippen LogP contribution in [0.3, 0.4) is 0 Å². The van der Waals surface area contributed by atoms with Gasteiger partial charge in [0.25, 0.3) is 0 Å². The molecular weight excluding hydrogens is 659 g/mol. The van der Waals surface area contributed by atoms with Gasteiger partial charge in [-0.1, -0.05) is 0 Å². The maximum absolute atomic E-state index is 14.4. The summed E-state index contributed by atoms with van der Waals surface area (Å²) in [6.07, 6.45) is 0.605. The van der Waals surface area contributed by atoms with E-state index in [4.69, 9.17) is 14.7 Å². The SMILES string of the molecule is CCc1nn(C)c(Cl)c1C(=O)[O][Sn]([CH2]C(C)(C)c1ccccc1)([CH2]C(C)(C)c1ccccc1)[CH2]C(C)(C)c1ccccc1. The second kappa shape index (κ2) is 13.2. The van der Waals surface area contributed by atoms with Gasteiger partial charge in [-0.05, 0) is 0 Å². The fourth-order valence-electron chi connectivity index (χ4n) is 6.94. The average molecular weight is 706 g/mol. The number of benzene rings is 3. The van der Waals surface area contributed by atoms with E-state index in [1.165, 1.54) is 16.7 Å². The summed E-state index contributed by atoms with van der Waals surface area (Å²) in [6, 6.07) is 32.0. The number of nitrogens with zero attached hydrogens (tertiary/aromatic N) is 2. The molecule has 0 spiro atoms. The monoisotopic (exact) mass is 706 g/mol. The molecule has 0 bridgehead atoms. The first-order chi connectivity index (χ1) is 20.2. The van der Waals surface area contributed by atoms with Crippen LogP contribution in [0.5, 0.6) is 0 Å². The zero-order valence-electron chi connectivity index (χ0n) is 27.1. The Morgan fingerprint density at radius 2 is 1.07 bits per heavy atom. The summed E-state index contributed by atoms with van der Waals surface area (Å²) in [5.41, 5.74) is 4.27. The van der Waals surface area contributed by atoms with E-state index in [0.29, 0.717) is 22.8 Å². The molecule has 0 amide bonds. The first-order valence-electron chi connectivity index (χ1n) is 15.3. The van der Waals surface area contributed by atoms with Crippen molar-refractivity contribution >= 4 is 36.4 Å². The Morgan fingerprint density at radius 1 is 0.721 bits per heavy atom. The average Bonchev–Trinajstić information content (AvgIpc) is 3.26. The molecule has 0 unspecified atom stereocenters. The molecule has 0 aliphatic rings. The van der Waals surface area contributed by atoms with Crippen LogP contribution in [0, 0.1) is 0 Å². The van der Waals surface area contributed by atoms with Gasteiger partial charge < -0.3 is 0 Å². The van der Waals surface area contributed by atoms with Crippen molar-refractivity contribution in [1.82, 2.24) is 9.78 Å². The number of carbonyl (C=O) groups is 1. The molecule has 228 valence electrons. The third-order valence-corrected chi connectivity index (χ3v) is 24.1. The van der Waals surface area contributed by atoms with E-state index in [9.17, 15) is 4.79 Å². The van der Waals surface area contributed by atoms with Crippen LogP contribution in [0.15, 0.2) is 91.0 Å². The molecule has 4 nitrogen and oxygen atoms in total. The number of hydrogen-bond acceptors (Lipinski definition) is 3. The van der Waals surface area contributed by atoms with Crippen molar-refractivity contribution in [1.29, 1.82) is 0 Å². The van der Waals surface area contributed by atoms with E-state index in [1.807, 2.05) is 6.92 Å². The van der Waals surface area contributed by atoms with Crippen LogP contribution in [-0.2, 0) is 32.8 Å². The molecule has 0 atom stereocenters. The maximum atomic E-state index is 14.4. The molecule has 0 aliphatic carbocycles. The number of halogens is 1. The van der Waals surface area contributed by atoms with Gasteiger partial charge >= 0.3 is 270 Å². The zero-order chi connectivity index (χ0) is 31.5. The van der Waals surface area contributed by atoms with Crippen LogP contribution in [0.1, 0.15) is 81.2 Å². The Kier molecular flexibility index (Phi) is 10.2. The van der Waals surface area contributed by atoms with Gasteiger partial charge in [0.2, 0.25) is 0 Å². The summed E-state index contributed by atoms with van der Waals surface area (Å²) >= 11 is 2.65. The topological polar surface area (TPSA) is 44.1 Å². The fraction of sp³-hybridized carbons (Fsp3) is 0.405. The van der Waals surface area contributed by atoms with Crippen LogP contribution in [0.25, 0.3) is 0 Å². The second-order valence-corrected chi connectivity index (χ2v) is 24.7. The Morgan fingerprint density at radius 3 is 1.40 bits per heavy atom. The van der Waals surface area contributed by atoms with Crippen molar-refractivity contribution in [3.05, 3.63) is 124 Å². The predicted molar refractivity (Wildman–Crippen MR) is 182 cm³/mol. The molecule has 0 aliphatic heterocycles. The van der Waals surface area contributed by atoms with Gasteiger partial charge in [0.1, 0.15) is 0 Å². The summed E-state index contributed by atoms with van der Waals surface area (Å²) < 4.78 is 11.3. The third kappa shape index (κ3) is 7.75. The van der Waals surface area contributed by atoms with Gasteiger partial charge in [-0.2, -0.15) is 0 Å². The van der Waals surface area contributed by atoms with Crippen LogP contribution in [0.4, 0.5) is 0 Å². The quantitative estimate of drug-likeness (QED) is 0.138. The van der Waals surface area contributed by atoms with Gasteiger partial charge in [-0.3, -0.25) is 0 Å². The van der Waals surface area contributed by atoms with E-state index < -0.39 is 18.8 Å². The first-order valence-corrected chi connectivity index (χ1v) is 22.9. The number of carbonyl (C=O) groups excluding carboxylic acids is 1. The summed E-state index contributed by atoms with van der Waals surface area (Å²) in [5.74, 6) is -0.317. The van der Waals surface area contributed by atoms with Crippen molar-refractivity contribution in [3.63, 3.8) is 0 Å². The normalized spacial score (nSPS) is 12.8. The van der Waals surface area contributed by atoms with Crippen molar-refractivity contribution in [2.24, 2.45) is 7.05 Å². The Labute approximate surface area is 268 Å². The number of rotatable bonds is 12. The van der Waals surface area contributed by atoms with Crippen LogP contribution < -0.4 is 0 Å². The summed E-state index contributed by atoms with van der Waals surface area (Å²) in [5, 5.41) is 4.90. The van der Waals surface area contributed by atoms with E-state index in [0.717, 1.165) is 13.3 Å². The molecule has 1 heterocycles. The van der Waals surface area contributed by atoms with Crippen molar-refractivity contribution < 1.29 is 7.87 Å². The van der Waals surface area contributed by atoms with Gasteiger partial charge in [0.05, 0.1) is 0 Å². The van der Waals surface area contributed by atoms with Crippen LogP contribution in [-0.4, -0.2) is 34.5 Å². The standard InChI is InChI=1S/3C10H13.C7H9ClN2O2.Sn/c3*1-10(2,3)9-7-5-4-6-8-9;1-3-4-5(7(11)12)6(8)10(2)9-4;/h3*4-8H,1H2,2-3H3;3H2,1-2H3,(H,11,12);/q;;;;+1/p-1. The third-order valence-electron chi connectivity index (χ3n) is 8.86. The number of hydrogen-bond donors (Lipinski definition) is 0. The molecule has 4 aromatic rings. The molecule has 4 rings (SSSR count). The summed E-state index contributed by atoms with van der Waals surface area (Å²) in [6.45, 7) is 15.8. The van der Waals surface area contributed by atoms with E-state index in [1.54, 1.807) is 11.7 Å². The first kappa shape index (κ1) is 33.3. The molecule has 0 saturated heterocycles. The Hall–Kier alpha value is -2.57. The molecule has 0 radical (unpaired) electrons. The van der Waals surface area contributed by atoms with E-state index >= 15 is 0 Å². The number of aromatic nitrogens is 2. The molecule has 3 aromatic carbocycles. The van der Waals surface area contributed by atoms with Crippen molar-refractivity contribution in [3.8, 4) is 0 Å². The van der Waals surface area contributed by atoms with Crippen molar-refractivity contribution in [2.75, 3.05) is 0 Å². The van der Waals surface area contributed by atoms with Crippen molar-refractivity contribution in [2.45, 2.75) is 84.4 Å². The number of aryl methyl sites for hydroxylation is 2. The van der Waals surface area contributed by atoms with Gasteiger partial charge in [0.15, 0.2) is 0 Å². The molecule has 1 aromatic heterocycles. The Balaban J connectivity index is 1.91. The van der Waals surface area contributed by atoms with Gasteiger partial charge in [-0.15, -0.1) is 0 Å². The van der Waals surface area contributed by atoms with Crippen LogP contribution in [0.2, 0.25) is 18.5 Å². The van der Waals surface area contributed by atoms with Gasteiger partial charge in [-0.25, -0.2) is 0 Å². The molecule has 43 heavy (non-hydrogen) atoms. The second-order valence-electron chi connectivity index (χ2n) is 13.9. The summed E-state index contributed by atoms with van der Waals surface area (Å²) in [4.78, 5) is 14.4. The van der Waals surface area contributed by atoms with E-state index in [-0.39, 0.29) is 22.2 Å². The molecule has 0 N–H and O–H groups in total. The minimum absolute atomic E-state index is 0.205. The van der Waals surface area contributed by atoms with E-state index in [2.05, 4.69) is 138 Å². The van der Waals surface area contributed by atoms with Crippen LogP contribution >= 0.6 is 11.6 Å². The zero-order valence-corrected chi connectivity index (χ0v) is 30.7.